The molecule has 4 nitrogen and oxygen atoms in total. The van der Waals surface area contributed by atoms with Crippen LogP contribution in [-0.2, 0) is 6.18 Å². The maximum atomic E-state index is 12.5. The van der Waals surface area contributed by atoms with Crippen molar-refractivity contribution in [3.8, 4) is 5.75 Å². The van der Waals surface area contributed by atoms with Crippen LogP contribution in [0.3, 0.4) is 0 Å². The Morgan fingerprint density at radius 1 is 1.14 bits per heavy atom. The van der Waals surface area contributed by atoms with Gasteiger partial charge in [0.15, 0.2) is 5.75 Å². The first kappa shape index (κ1) is 15.6. The Labute approximate surface area is 123 Å². The molecule has 0 aromatic heterocycles. The molecule has 0 bridgehead atoms. The van der Waals surface area contributed by atoms with Crippen LogP contribution in [0.25, 0.3) is 0 Å². The highest BCUT2D eigenvalue weighted by Gasteiger charge is 2.30. The molecule has 0 saturated heterocycles. The molecule has 0 aliphatic heterocycles. The van der Waals surface area contributed by atoms with Crippen LogP contribution in [0.5, 0.6) is 5.75 Å². The molecule has 22 heavy (non-hydrogen) atoms. The van der Waals surface area contributed by atoms with Crippen LogP contribution in [0, 0.1) is 0 Å². The Morgan fingerprint density at radius 2 is 1.82 bits per heavy atom. The van der Waals surface area contributed by atoms with E-state index in [-0.39, 0.29) is 11.3 Å². The Morgan fingerprint density at radius 3 is 2.41 bits per heavy atom. The van der Waals surface area contributed by atoms with Crippen molar-refractivity contribution in [2.24, 2.45) is 5.16 Å². The summed E-state index contributed by atoms with van der Waals surface area (Å²) in [5.41, 5.74) is -0.154. The number of benzene rings is 2. The molecule has 0 spiro atoms. The Kier molecular flexibility index (Phi) is 4.45. The molecule has 0 amide bonds. The summed E-state index contributed by atoms with van der Waals surface area (Å²) < 4.78 is 37.5. The molecule has 2 aromatic rings. The Hall–Kier alpha value is -2.83. The van der Waals surface area contributed by atoms with Gasteiger partial charge in [0, 0.05) is 0 Å². The molecule has 2 aromatic carbocycles. The molecule has 1 N–H and O–H groups in total. The lowest BCUT2D eigenvalue weighted by atomic mass is 10.1. The van der Waals surface area contributed by atoms with Crippen LogP contribution in [-0.4, -0.2) is 17.3 Å². The van der Waals surface area contributed by atoms with E-state index in [9.17, 15) is 18.0 Å². The molecule has 0 radical (unpaired) electrons. The number of oxime groups is 1. The number of nitrogens with zero attached hydrogens (tertiary/aromatic N) is 1. The van der Waals surface area contributed by atoms with E-state index in [1.807, 2.05) is 0 Å². The van der Waals surface area contributed by atoms with Gasteiger partial charge >= 0.3 is 12.1 Å². The third-order valence-corrected chi connectivity index (χ3v) is 2.68. The van der Waals surface area contributed by atoms with E-state index in [1.165, 1.54) is 42.6 Å². The first-order valence-electron chi connectivity index (χ1n) is 6.07. The van der Waals surface area contributed by atoms with E-state index in [2.05, 4.69) is 5.16 Å². The van der Waals surface area contributed by atoms with Crippen molar-refractivity contribution >= 4 is 12.2 Å². The summed E-state index contributed by atoms with van der Waals surface area (Å²) in [6.45, 7) is 0. The van der Waals surface area contributed by atoms with Crippen molar-refractivity contribution in [2.75, 3.05) is 0 Å². The second-order valence-corrected chi connectivity index (χ2v) is 4.28. The fourth-order valence-corrected chi connectivity index (χ4v) is 1.59. The van der Waals surface area contributed by atoms with Crippen LogP contribution in [0.4, 0.5) is 13.2 Å². The molecular formula is C15H10F3NO3. The SMILES string of the molecule is O=C(O)c1ccc(/C=N/Oc2cccc(C(F)(F)F)c2)cc1. The topological polar surface area (TPSA) is 58.9 Å². The third kappa shape index (κ3) is 4.08. The number of rotatable bonds is 4. The summed E-state index contributed by atoms with van der Waals surface area (Å²) in [6, 6.07) is 10.1. The molecule has 0 unspecified atom stereocenters. The standard InChI is InChI=1S/C15H10F3NO3/c16-15(17,18)12-2-1-3-13(8-12)22-19-9-10-4-6-11(7-5-10)14(20)21/h1-9H,(H,20,21)/b19-9+. The lowest BCUT2D eigenvalue weighted by molar-refractivity contribution is -0.137. The van der Waals surface area contributed by atoms with Crippen molar-refractivity contribution < 1.29 is 27.9 Å². The molecule has 0 saturated carbocycles. The molecule has 7 heteroatoms. The van der Waals surface area contributed by atoms with E-state index in [4.69, 9.17) is 9.94 Å². The molecule has 2 rings (SSSR count). The average molecular weight is 309 g/mol. The van der Waals surface area contributed by atoms with E-state index in [0.717, 1.165) is 12.1 Å². The highest BCUT2D eigenvalue weighted by atomic mass is 19.4. The zero-order valence-corrected chi connectivity index (χ0v) is 11.0. The summed E-state index contributed by atoms with van der Waals surface area (Å²) in [5, 5.41) is 12.3. The maximum Gasteiger partial charge on any atom is 0.416 e. The van der Waals surface area contributed by atoms with Gasteiger partial charge < -0.3 is 9.94 Å². The zero-order chi connectivity index (χ0) is 16.2. The summed E-state index contributed by atoms with van der Waals surface area (Å²) in [6.07, 6.45) is -3.18. The molecule has 114 valence electrons. The minimum absolute atomic E-state index is 0.0479. The highest BCUT2D eigenvalue weighted by Crippen LogP contribution is 2.31. The van der Waals surface area contributed by atoms with Crippen LogP contribution in [0.15, 0.2) is 53.7 Å². The largest absolute Gasteiger partial charge is 0.478 e. The highest BCUT2D eigenvalue weighted by molar-refractivity contribution is 5.89. The number of alkyl halides is 3. The molecule has 0 aliphatic carbocycles. The van der Waals surface area contributed by atoms with Crippen LogP contribution < -0.4 is 4.84 Å². The van der Waals surface area contributed by atoms with Gasteiger partial charge in [0.2, 0.25) is 0 Å². The number of hydrogen-bond acceptors (Lipinski definition) is 3. The van der Waals surface area contributed by atoms with Crippen molar-refractivity contribution in [2.45, 2.75) is 6.18 Å². The predicted molar refractivity (Wildman–Crippen MR) is 73.1 cm³/mol. The smallest absolute Gasteiger partial charge is 0.416 e. The first-order valence-corrected chi connectivity index (χ1v) is 6.07. The monoisotopic (exact) mass is 309 g/mol. The van der Waals surface area contributed by atoms with Crippen LogP contribution in [0.1, 0.15) is 21.5 Å². The summed E-state index contributed by atoms with van der Waals surface area (Å²) >= 11 is 0. The van der Waals surface area contributed by atoms with E-state index >= 15 is 0 Å². The van der Waals surface area contributed by atoms with Crippen LogP contribution >= 0.6 is 0 Å². The summed E-state index contributed by atoms with van der Waals surface area (Å²) in [4.78, 5) is 15.6. The van der Waals surface area contributed by atoms with Gasteiger partial charge in [0.05, 0.1) is 17.3 Å². The third-order valence-electron chi connectivity index (χ3n) is 2.68. The number of aromatic carboxylic acids is 1. The van der Waals surface area contributed by atoms with Gasteiger partial charge in [-0.15, -0.1) is 0 Å². The Bertz CT molecular complexity index is 694. The number of carbonyl (C=O) groups is 1. The average Bonchev–Trinajstić information content (AvgIpc) is 2.47. The van der Waals surface area contributed by atoms with Gasteiger partial charge in [0.25, 0.3) is 0 Å². The fourth-order valence-electron chi connectivity index (χ4n) is 1.59. The van der Waals surface area contributed by atoms with E-state index < -0.39 is 17.7 Å². The summed E-state index contributed by atoms with van der Waals surface area (Å²) in [5.74, 6) is -1.10. The van der Waals surface area contributed by atoms with Crippen molar-refractivity contribution in [3.63, 3.8) is 0 Å². The van der Waals surface area contributed by atoms with Gasteiger partial charge in [-0.2, -0.15) is 13.2 Å². The maximum absolute atomic E-state index is 12.5. The van der Waals surface area contributed by atoms with Gasteiger partial charge in [-0.3, -0.25) is 0 Å². The van der Waals surface area contributed by atoms with Crippen molar-refractivity contribution in [1.82, 2.24) is 0 Å². The fraction of sp³-hybridized carbons (Fsp3) is 0.0667. The van der Waals surface area contributed by atoms with Gasteiger partial charge in [-0.1, -0.05) is 23.4 Å². The zero-order valence-electron chi connectivity index (χ0n) is 11.0. The van der Waals surface area contributed by atoms with Gasteiger partial charge in [-0.25, -0.2) is 4.79 Å². The number of hydrogen-bond donors (Lipinski definition) is 1. The number of halogens is 3. The van der Waals surface area contributed by atoms with E-state index in [1.54, 1.807) is 0 Å². The van der Waals surface area contributed by atoms with E-state index in [0.29, 0.717) is 5.56 Å². The predicted octanol–water partition coefficient (Wildman–Crippen LogP) is 3.82. The second kappa shape index (κ2) is 6.30. The summed E-state index contributed by atoms with van der Waals surface area (Å²) in [7, 11) is 0. The van der Waals surface area contributed by atoms with Crippen molar-refractivity contribution in [1.29, 1.82) is 0 Å². The molecule has 0 heterocycles. The van der Waals surface area contributed by atoms with Crippen molar-refractivity contribution in [3.05, 3.63) is 65.2 Å². The minimum atomic E-state index is -4.45. The van der Waals surface area contributed by atoms with Gasteiger partial charge in [0.1, 0.15) is 0 Å². The second-order valence-electron chi connectivity index (χ2n) is 4.28. The lowest BCUT2D eigenvalue weighted by Gasteiger charge is -2.07. The van der Waals surface area contributed by atoms with Crippen LogP contribution in [0.2, 0.25) is 0 Å². The minimum Gasteiger partial charge on any atom is -0.478 e. The molecule has 0 aliphatic rings. The number of carboxylic acids is 1. The number of carboxylic acid groups (broad SMARTS) is 1. The van der Waals surface area contributed by atoms with Gasteiger partial charge in [-0.05, 0) is 35.9 Å². The molecule has 0 fully saturated rings. The molecular weight excluding hydrogens is 299 g/mol. The normalized spacial score (nSPS) is 11.6. The first-order chi connectivity index (χ1) is 10.4. The quantitative estimate of drug-likeness (QED) is 0.690. The molecule has 0 atom stereocenters. The lowest BCUT2D eigenvalue weighted by Crippen LogP contribution is -2.04. The Balaban J connectivity index is 2.05.